The van der Waals surface area contributed by atoms with Gasteiger partial charge in [-0.3, -0.25) is 0 Å². The molecule has 0 bridgehead atoms. The molecule has 0 saturated carbocycles. The van der Waals surface area contributed by atoms with Gasteiger partial charge in [-0.15, -0.1) is 0 Å². The number of aryl methyl sites for hydroxylation is 2. The molecule has 0 saturated heterocycles. The molecule has 9 aromatic rings. The van der Waals surface area contributed by atoms with Gasteiger partial charge in [0.15, 0.2) is 0 Å². The minimum absolute atomic E-state index is 1.30. The van der Waals surface area contributed by atoms with Crippen LogP contribution in [0, 0.1) is 13.8 Å². The van der Waals surface area contributed by atoms with Crippen molar-refractivity contribution in [3.63, 3.8) is 0 Å². The van der Waals surface area contributed by atoms with Gasteiger partial charge in [0.2, 0.25) is 0 Å². The zero-order valence-corrected chi connectivity index (χ0v) is 19.0. The number of nitrogens with zero attached hydrogens (tertiary/aromatic N) is 2. The van der Waals surface area contributed by atoms with Gasteiger partial charge in [-0.1, -0.05) is 72.8 Å². The number of aromatic nitrogens is 2. The van der Waals surface area contributed by atoms with Crippen molar-refractivity contribution in [1.82, 2.24) is 8.80 Å². The first-order valence-corrected chi connectivity index (χ1v) is 12.0. The molecule has 0 unspecified atom stereocenters. The van der Waals surface area contributed by atoms with Crippen molar-refractivity contribution < 1.29 is 0 Å². The highest BCUT2D eigenvalue weighted by Gasteiger charge is 2.26. The minimum atomic E-state index is 1.30. The first-order valence-electron chi connectivity index (χ1n) is 12.0. The van der Waals surface area contributed by atoms with Crippen molar-refractivity contribution >= 4 is 76.2 Å². The summed E-state index contributed by atoms with van der Waals surface area (Å²) in [5, 5.41) is 10.9. The summed E-state index contributed by atoms with van der Waals surface area (Å²) < 4.78 is 5.06. The van der Waals surface area contributed by atoms with E-state index < -0.39 is 0 Å². The summed E-state index contributed by atoms with van der Waals surface area (Å²) >= 11 is 0. The van der Waals surface area contributed by atoms with Gasteiger partial charge in [-0.05, 0) is 37.1 Å². The molecule has 0 aliphatic carbocycles. The second kappa shape index (κ2) is 5.43. The summed E-state index contributed by atoms with van der Waals surface area (Å²) in [5.74, 6) is 0. The van der Waals surface area contributed by atoms with Crippen LogP contribution < -0.4 is 0 Å². The van der Waals surface area contributed by atoms with Gasteiger partial charge in [-0.25, -0.2) is 0 Å². The van der Waals surface area contributed by atoms with E-state index in [4.69, 9.17) is 0 Å². The highest BCUT2D eigenvalue weighted by atomic mass is 14.9. The second-order valence-corrected chi connectivity index (χ2v) is 9.81. The molecule has 5 aromatic carbocycles. The Kier molecular flexibility index (Phi) is 2.75. The van der Waals surface area contributed by atoms with Crippen molar-refractivity contribution in [1.29, 1.82) is 0 Å². The van der Waals surface area contributed by atoms with Crippen LogP contribution in [-0.2, 0) is 0 Å². The van der Waals surface area contributed by atoms with Crippen molar-refractivity contribution in [3.8, 4) is 0 Å². The summed E-state index contributed by atoms with van der Waals surface area (Å²) in [4.78, 5) is 0. The molecule has 0 amide bonds. The normalized spacial score (nSPS) is 13.0. The number of benzene rings is 5. The minimum Gasteiger partial charge on any atom is -0.308 e. The van der Waals surface area contributed by atoms with Crippen LogP contribution in [-0.4, -0.2) is 8.80 Å². The number of rotatable bonds is 0. The van der Waals surface area contributed by atoms with Gasteiger partial charge in [0, 0.05) is 43.1 Å². The monoisotopic (exact) mass is 432 g/mol. The lowest BCUT2D eigenvalue weighted by molar-refractivity contribution is 1.30. The Bertz CT molecular complexity index is 2130. The van der Waals surface area contributed by atoms with E-state index in [2.05, 4.69) is 108 Å². The molecule has 0 spiro atoms. The molecule has 0 N–H and O–H groups in total. The highest BCUT2D eigenvalue weighted by Crippen LogP contribution is 2.47. The molecule has 158 valence electrons. The lowest BCUT2D eigenvalue weighted by Gasteiger charge is -2.09. The molecule has 2 nitrogen and oxygen atoms in total. The van der Waals surface area contributed by atoms with Gasteiger partial charge >= 0.3 is 0 Å². The zero-order valence-electron chi connectivity index (χ0n) is 19.0. The quantitative estimate of drug-likeness (QED) is 0.227. The van der Waals surface area contributed by atoms with Gasteiger partial charge in [0.25, 0.3) is 0 Å². The summed E-state index contributed by atoms with van der Waals surface area (Å²) in [6, 6.07) is 31.3. The molecule has 0 aliphatic heterocycles. The molecule has 0 aliphatic rings. The second-order valence-electron chi connectivity index (χ2n) is 9.81. The van der Waals surface area contributed by atoms with Crippen molar-refractivity contribution in [3.05, 3.63) is 96.1 Å². The molecule has 9 rings (SSSR count). The lowest BCUT2D eigenvalue weighted by atomic mass is 9.96. The number of para-hydroxylation sites is 4. The van der Waals surface area contributed by atoms with E-state index >= 15 is 0 Å². The van der Waals surface area contributed by atoms with E-state index in [1.54, 1.807) is 0 Å². The van der Waals surface area contributed by atoms with Gasteiger partial charge < -0.3 is 8.80 Å². The summed E-state index contributed by atoms with van der Waals surface area (Å²) in [6.45, 7) is 4.66. The van der Waals surface area contributed by atoms with Gasteiger partial charge in [0.1, 0.15) is 0 Å². The molecular weight excluding hydrogens is 412 g/mol. The standard InChI is InChI=1S/C32H20N2/c1-17-27-23-13-7-11-21-19-9-3-5-15-25(19)33(31(21)23)29(27)18(2)30-28(17)24-14-8-12-22-20-10-4-6-16-26(20)34(30)32(22)24/h3-16H,1-2H3. The molecule has 34 heavy (non-hydrogen) atoms. The third kappa shape index (κ3) is 1.64. The van der Waals surface area contributed by atoms with Gasteiger partial charge in [-0.2, -0.15) is 0 Å². The Balaban J connectivity index is 1.71. The fourth-order valence-electron chi connectivity index (χ4n) is 7.09. The zero-order chi connectivity index (χ0) is 22.3. The van der Waals surface area contributed by atoms with E-state index in [-0.39, 0.29) is 0 Å². The summed E-state index contributed by atoms with van der Waals surface area (Å²) in [6.07, 6.45) is 0. The van der Waals surface area contributed by atoms with E-state index in [1.807, 2.05) is 0 Å². The Morgan fingerprint density at radius 3 is 1.29 bits per heavy atom. The van der Waals surface area contributed by atoms with E-state index in [1.165, 1.54) is 87.3 Å². The fraction of sp³-hybridized carbons (Fsp3) is 0.0625. The first-order chi connectivity index (χ1) is 16.8. The predicted octanol–water partition coefficient (Wildman–Crippen LogP) is 8.60. The van der Waals surface area contributed by atoms with Crippen LogP contribution in [0.4, 0.5) is 0 Å². The molecular formula is C32H20N2. The smallest absolute Gasteiger partial charge is 0.0620 e. The van der Waals surface area contributed by atoms with Crippen LogP contribution in [0.5, 0.6) is 0 Å². The average Bonchev–Trinajstić information content (AvgIpc) is 3.60. The maximum Gasteiger partial charge on any atom is 0.0620 e. The Morgan fingerprint density at radius 1 is 0.382 bits per heavy atom. The largest absolute Gasteiger partial charge is 0.308 e. The van der Waals surface area contributed by atoms with Gasteiger partial charge in [0.05, 0.1) is 33.1 Å². The van der Waals surface area contributed by atoms with E-state index in [0.29, 0.717) is 0 Å². The average molecular weight is 433 g/mol. The van der Waals surface area contributed by atoms with Crippen molar-refractivity contribution in [2.24, 2.45) is 0 Å². The Labute approximate surface area is 194 Å². The van der Waals surface area contributed by atoms with Crippen LogP contribution in [0.2, 0.25) is 0 Å². The predicted molar refractivity (Wildman–Crippen MR) is 145 cm³/mol. The number of hydrogen-bond donors (Lipinski definition) is 0. The Morgan fingerprint density at radius 2 is 0.794 bits per heavy atom. The Hall–Kier alpha value is -4.30. The fourth-order valence-corrected chi connectivity index (χ4v) is 7.09. The summed E-state index contributed by atoms with van der Waals surface area (Å²) in [5.41, 5.74) is 10.7. The summed E-state index contributed by atoms with van der Waals surface area (Å²) in [7, 11) is 0. The molecule has 0 radical (unpaired) electrons. The number of hydrogen-bond acceptors (Lipinski definition) is 0. The topological polar surface area (TPSA) is 8.82 Å². The molecule has 4 heterocycles. The van der Waals surface area contributed by atoms with Crippen LogP contribution in [0.25, 0.3) is 76.2 Å². The molecule has 0 fully saturated rings. The molecule has 2 heteroatoms. The van der Waals surface area contributed by atoms with Crippen molar-refractivity contribution in [2.75, 3.05) is 0 Å². The molecule has 0 atom stereocenters. The van der Waals surface area contributed by atoms with Crippen LogP contribution in [0.3, 0.4) is 0 Å². The SMILES string of the molecule is Cc1c2c3cccc4c5ccccc5n(c2c(C)c2c1c1cccc5c6ccccc6n2c51)c43. The molecule has 4 aromatic heterocycles. The van der Waals surface area contributed by atoms with E-state index in [9.17, 15) is 0 Å². The van der Waals surface area contributed by atoms with Crippen LogP contribution in [0.1, 0.15) is 11.1 Å². The first kappa shape index (κ1) is 17.2. The highest BCUT2D eigenvalue weighted by molar-refractivity contribution is 6.31. The maximum atomic E-state index is 2.53. The number of fused-ring (bicyclic) bond motifs is 12. The van der Waals surface area contributed by atoms with Crippen LogP contribution >= 0.6 is 0 Å². The third-order valence-electron chi connectivity index (χ3n) is 8.31. The van der Waals surface area contributed by atoms with E-state index in [0.717, 1.165) is 0 Å². The van der Waals surface area contributed by atoms with Crippen molar-refractivity contribution in [2.45, 2.75) is 13.8 Å². The maximum absolute atomic E-state index is 2.53. The third-order valence-corrected chi connectivity index (χ3v) is 8.31. The van der Waals surface area contributed by atoms with Crippen LogP contribution in [0.15, 0.2) is 84.9 Å². The lowest BCUT2D eigenvalue weighted by Crippen LogP contribution is -1.91.